The van der Waals surface area contributed by atoms with E-state index >= 15 is 0 Å². The Hall–Kier alpha value is -12.4. The predicted octanol–water partition coefficient (Wildman–Crippen LogP) is 20.0. The van der Waals surface area contributed by atoms with E-state index in [1.165, 1.54) is 0 Å². The molecule has 0 heterocycles. The molecule has 0 spiro atoms. The molecule has 12 rings (SSSR count). The van der Waals surface area contributed by atoms with Crippen molar-refractivity contribution in [3.05, 3.63) is 384 Å². The summed E-state index contributed by atoms with van der Waals surface area (Å²) in [6, 6.07) is 112. The molecule has 93 heavy (non-hydrogen) atoms. The van der Waals surface area contributed by atoms with Crippen molar-refractivity contribution in [1.29, 1.82) is 0 Å². The molecule has 8 nitrogen and oxygen atoms in total. The van der Waals surface area contributed by atoms with Crippen LogP contribution in [0.1, 0.15) is 44.5 Å². The molecule has 8 heteroatoms. The van der Waals surface area contributed by atoms with Crippen molar-refractivity contribution >= 4 is 68.5 Å². The van der Waals surface area contributed by atoms with Gasteiger partial charge in [-0.15, -0.1) is 0 Å². The zero-order valence-corrected chi connectivity index (χ0v) is 51.1. The highest BCUT2D eigenvalue weighted by molar-refractivity contribution is 6.02. The van der Waals surface area contributed by atoms with Gasteiger partial charge in [-0.05, 0) is 214 Å². The lowest BCUT2D eigenvalue weighted by molar-refractivity contribution is -0.00352. The molecular formula is C85H64N4O4. The molecule has 0 amide bonds. The average Bonchev–Trinajstić information content (AvgIpc) is 1.59. The van der Waals surface area contributed by atoms with E-state index in [-0.39, 0.29) is 26.4 Å². The van der Waals surface area contributed by atoms with Gasteiger partial charge < -0.3 is 18.9 Å². The van der Waals surface area contributed by atoms with Gasteiger partial charge in [0.15, 0.2) is 0 Å². The number of ether oxygens (including phenoxy) is 4. The number of rotatable bonds is 24. The second-order valence-corrected chi connectivity index (χ2v) is 22.0. The third-order valence-electron chi connectivity index (χ3n) is 15.2. The quantitative estimate of drug-likeness (QED) is 0.0564. The van der Waals surface area contributed by atoms with Crippen molar-refractivity contribution in [2.45, 2.75) is 0 Å². The Morgan fingerprint density at radius 2 is 0.366 bits per heavy atom. The lowest BCUT2D eigenvalue weighted by Gasteiger charge is -2.33. The summed E-state index contributed by atoms with van der Waals surface area (Å²) in [5.41, 5.74) is 13.3. The van der Waals surface area contributed by atoms with E-state index in [0.717, 1.165) is 89.5 Å². The van der Waals surface area contributed by atoms with E-state index in [0.29, 0.717) is 23.0 Å². The molecule has 0 bridgehead atoms. The maximum absolute atomic E-state index is 6.94. The molecule has 0 aliphatic heterocycles. The first-order chi connectivity index (χ1) is 46.0. The average molecular weight is 1210 g/mol. The normalized spacial score (nSPS) is 11.1. The van der Waals surface area contributed by atoms with Gasteiger partial charge in [-0.3, -0.25) is 0 Å². The van der Waals surface area contributed by atoms with Gasteiger partial charge in [0, 0.05) is 0 Å². The van der Waals surface area contributed by atoms with E-state index in [9.17, 15) is 0 Å². The summed E-state index contributed by atoms with van der Waals surface area (Å²) in [5, 5.41) is 0. The van der Waals surface area contributed by atoms with E-state index in [1.807, 2.05) is 291 Å². The summed E-state index contributed by atoms with van der Waals surface area (Å²) < 4.78 is 27.7. The van der Waals surface area contributed by atoms with Gasteiger partial charge >= 0.3 is 0 Å². The molecule has 0 aliphatic rings. The number of para-hydroxylation sites is 4. The highest BCUT2D eigenvalue weighted by Gasteiger charge is 2.36. The largest absolute Gasteiger partial charge is 0.493 e. The van der Waals surface area contributed by atoms with E-state index in [2.05, 4.69) is 72.0 Å². The zero-order chi connectivity index (χ0) is 63.0. The summed E-state index contributed by atoms with van der Waals surface area (Å²) in [6.07, 6.45) is 0. The third kappa shape index (κ3) is 17.1. The molecule has 12 aromatic rings. The minimum absolute atomic E-state index is 0.127. The van der Waals surface area contributed by atoms with Gasteiger partial charge in [-0.2, -0.15) is 0 Å². The summed E-state index contributed by atoms with van der Waals surface area (Å²) >= 11 is 0. The summed E-state index contributed by atoms with van der Waals surface area (Å²) in [7, 11) is 0. The standard InChI is InChI=1S/C85H64N4O4/c1-9-25-65(26-10-1)81(57-86-73-33-17-5-18-34-73)69-41-49-77(50-42-69)90-61-85(62-91-78-51-43-70(44-52-78)82(66-27-11-2-12-28-66)58-87-74-35-19-6-20-36-74,63-92-79-53-45-71(46-54-79)83(67-29-13-3-14-30-67)59-88-75-37-21-7-22-38-75)64-93-80-55-47-72(48-56-80)84(68-31-15-4-16-32-68)60-89-76-39-23-8-24-40-76/h1-56H,61-64H2. The molecule has 0 unspecified atom stereocenters. The third-order valence-corrected chi connectivity index (χ3v) is 15.2. The minimum atomic E-state index is -0.960. The van der Waals surface area contributed by atoms with Crippen molar-refractivity contribution in [2.24, 2.45) is 25.4 Å². The van der Waals surface area contributed by atoms with Crippen molar-refractivity contribution in [1.82, 2.24) is 0 Å². The number of hydrogen-bond acceptors (Lipinski definition) is 8. The van der Waals surface area contributed by atoms with Crippen molar-refractivity contribution in [3.8, 4) is 23.0 Å². The number of aliphatic imine (C=N–C) groups is 4. The second-order valence-electron chi connectivity index (χ2n) is 22.0. The first kappa shape index (κ1) is 60.9. The van der Waals surface area contributed by atoms with Gasteiger partial charge in [0.2, 0.25) is 0 Å². The van der Waals surface area contributed by atoms with Crippen LogP contribution < -0.4 is 18.9 Å². The fourth-order valence-corrected chi connectivity index (χ4v) is 10.2. The molecule has 448 valence electrons. The summed E-state index contributed by atoms with van der Waals surface area (Å²) in [6.45, 7) is 0.508. The second kappa shape index (κ2) is 31.2. The topological polar surface area (TPSA) is 86.4 Å². The fraction of sp³-hybridized carbons (Fsp3) is 0.0588. The van der Waals surface area contributed by atoms with Crippen LogP contribution in [-0.4, -0.2) is 49.9 Å². The Morgan fingerprint density at radius 3 is 0.548 bits per heavy atom. The van der Waals surface area contributed by atoms with Crippen LogP contribution in [0.15, 0.2) is 360 Å². The molecule has 0 atom stereocenters. The van der Waals surface area contributed by atoms with E-state index in [4.69, 9.17) is 38.9 Å². The SMILES string of the molecule is C(=Nc1ccccc1)=C(c1ccccc1)c1ccc(OCC(COc2ccc(C(=C=Nc3ccccc3)c3ccccc3)cc2)(COc2ccc(C(=C=Nc3ccccc3)c3ccccc3)cc2)COc2ccc(C(=C=Nc3ccccc3)c3ccccc3)cc2)cc1. The van der Waals surface area contributed by atoms with Crippen molar-refractivity contribution in [3.63, 3.8) is 0 Å². The van der Waals surface area contributed by atoms with E-state index in [1.54, 1.807) is 0 Å². The molecular weight excluding hydrogens is 1140 g/mol. The minimum Gasteiger partial charge on any atom is -0.493 e. The monoisotopic (exact) mass is 1200 g/mol. The smallest absolute Gasteiger partial charge is 0.119 e. The molecule has 0 saturated carbocycles. The Labute approximate surface area is 543 Å². The lowest BCUT2D eigenvalue weighted by atomic mass is 9.91. The number of nitrogens with zero attached hydrogens (tertiary/aromatic N) is 4. The summed E-state index contributed by atoms with van der Waals surface area (Å²) in [4.78, 5) is 19.0. The first-order valence-corrected chi connectivity index (χ1v) is 30.7. The van der Waals surface area contributed by atoms with Crippen LogP contribution in [0.4, 0.5) is 22.7 Å². The van der Waals surface area contributed by atoms with Gasteiger partial charge in [-0.1, -0.05) is 194 Å². The maximum Gasteiger partial charge on any atom is 0.119 e. The Morgan fingerprint density at radius 1 is 0.204 bits per heavy atom. The zero-order valence-electron chi connectivity index (χ0n) is 51.1. The lowest BCUT2D eigenvalue weighted by Crippen LogP contribution is -2.45. The molecule has 0 aliphatic carbocycles. The molecule has 0 saturated heterocycles. The van der Waals surface area contributed by atoms with Crippen LogP contribution in [-0.2, 0) is 0 Å². The molecule has 12 aromatic carbocycles. The van der Waals surface area contributed by atoms with Gasteiger partial charge in [0.05, 0.1) is 45.0 Å². The fourth-order valence-electron chi connectivity index (χ4n) is 10.2. The number of benzene rings is 12. The highest BCUT2D eigenvalue weighted by Crippen LogP contribution is 2.33. The van der Waals surface area contributed by atoms with Crippen LogP contribution in [0.5, 0.6) is 23.0 Å². The van der Waals surface area contributed by atoms with Crippen LogP contribution in [0.2, 0.25) is 0 Å². The van der Waals surface area contributed by atoms with Crippen LogP contribution in [0, 0.1) is 5.41 Å². The predicted molar refractivity (Wildman–Crippen MR) is 380 cm³/mol. The van der Waals surface area contributed by atoms with Crippen molar-refractivity contribution < 1.29 is 18.9 Å². The summed E-state index contributed by atoms with van der Waals surface area (Å²) in [5.74, 6) is 16.0. The number of hydrogen-bond donors (Lipinski definition) is 0. The maximum atomic E-state index is 6.94. The Kier molecular flexibility index (Phi) is 20.4. The van der Waals surface area contributed by atoms with E-state index < -0.39 is 5.41 Å². The molecule has 0 N–H and O–H groups in total. The Balaban J connectivity index is 0.896. The first-order valence-electron chi connectivity index (χ1n) is 30.7. The van der Waals surface area contributed by atoms with Crippen LogP contribution >= 0.6 is 0 Å². The van der Waals surface area contributed by atoms with Crippen LogP contribution in [0.3, 0.4) is 0 Å². The van der Waals surface area contributed by atoms with Gasteiger partial charge in [0.25, 0.3) is 0 Å². The molecule has 0 radical (unpaired) electrons. The van der Waals surface area contributed by atoms with Gasteiger partial charge in [-0.25, -0.2) is 20.0 Å². The molecule has 0 aromatic heterocycles. The van der Waals surface area contributed by atoms with Crippen molar-refractivity contribution in [2.75, 3.05) is 26.4 Å². The Bertz CT molecular complexity index is 4010. The molecule has 0 fully saturated rings. The van der Waals surface area contributed by atoms with Crippen LogP contribution in [0.25, 0.3) is 22.3 Å². The van der Waals surface area contributed by atoms with Gasteiger partial charge in [0.1, 0.15) is 54.8 Å². The highest BCUT2D eigenvalue weighted by atomic mass is 16.5.